The van der Waals surface area contributed by atoms with Crippen LogP contribution in [0.25, 0.3) is 0 Å². The van der Waals surface area contributed by atoms with E-state index in [0.29, 0.717) is 29.9 Å². The van der Waals surface area contributed by atoms with Crippen molar-refractivity contribution in [3.63, 3.8) is 0 Å². The molecule has 0 radical (unpaired) electrons. The van der Waals surface area contributed by atoms with Crippen LogP contribution in [0.15, 0.2) is 34.0 Å². The topological polar surface area (TPSA) is 99.0 Å². The first kappa shape index (κ1) is 20.2. The zero-order valence-electron chi connectivity index (χ0n) is 18.2. The minimum Gasteiger partial charge on any atom is -0.454 e. The maximum Gasteiger partial charge on any atom is 0.339 e. The second-order valence-corrected chi connectivity index (χ2v) is 9.12. The number of rotatable bonds is 5. The maximum absolute atomic E-state index is 13.0. The average Bonchev–Trinajstić information content (AvgIpc) is 3.21. The fourth-order valence-corrected chi connectivity index (χ4v) is 5.46. The van der Waals surface area contributed by atoms with Gasteiger partial charge in [0.2, 0.25) is 12.5 Å². The van der Waals surface area contributed by atoms with E-state index < -0.39 is 29.8 Å². The van der Waals surface area contributed by atoms with Crippen molar-refractivity contribution < 1.29 is 28.5 Å². The third kappa shape index (κ3) is 3.28. The van der Waals surface area contributed by atoms with Crippen LogP contribution in [0.2, 0.25) is 0 Å². The summed E-state index contributed by atoms with van der Waals surface area (Å²) in [5, 5.41) is 8.04. The summed E-state index contributed by atoms with van der Waals surface area (Å²) in [4.78, 5) is 28.0. The number of carbonyl (C=O) groups is 2. The summed E-state index contributed by atoms with van der Waals surface area (Å²) >= 11 is 0. The Bertz CT molecular complexity index is 1150. The largest absolute Gasteiger partial charge is 0.454 e. The van der Waals surface area contributed by atoms with Crippen molar-refractivity contribution in [1.29, 1.82) is 0 Å². The van der Waals surface area contributed by atoms with Gasteiger partial charge in [-0.3, -0.25) is 9.69 Å². The van der Waals surface area contributed by atoms with Crippen LogP contribution in [-0.2, 0) is 14.3 Å². The van der Waals surface area contributed by atoms with E-state index in [-0.39, 0.29) is 25.2 Å². The molecule has 9 nitrogen and oxygen atoms in total. The van der Waals surface area contributed by atoms with E-state index >= 15 is 0 Å². The van der Waals surface area contributed by atoms with Crippen molar-refractivity contribution in [2.24, 2.45) is 10.2 Å². The van der Waals surface area contributed by atoms with E-state index in [2.05, 4.69) is 28.1 Å². The van der Waals surface area contributed by atoms with Crippen molar-refractivity contribution in [3.05, 3.63) is 34.9 Å². The zero-order valence-corrected chi connectivity index (χ0v) is 18.2. The third-order valence-electron chi connectivity index (χ3n) is 7.12. The lowest BCUT2D eigenvalue weighted by Gasteiger charge is -2.44. The number of terminal acetylenes is 1. The molecule has 6 rings (SSSR count). The lowest BCUT2D eigenvalue weighted by molar-refractivity contribution is -0.155. The zero-order chi connectivity index (χ0) is 22.7. The summed E-state index contributed by atoms with van der Waals surface area (Å²) in [7, 11) is 2.06. The van der Waals surface area contributed by atoms with Gasteiger partial charge in [0.25, 0.3) is 0 Å². The normalized spacial score (nSPS) is 29.8. The van der Waals surface area contributed by atoms with Gasteiger partial charge in [-0.15, -0.1) is 12.3 Å². The van der Waals surface area contributed by atoms with E-state index in [1.807, 2.05) is 12.1 Å². The highest BCUT2D eigenvalue weighted by molar-refractivity contribution is 5.94. The molecule has 5 aliphatic rings. The lowest BCUT2D eigenvalue weighted by Crippen LogP contribution is -2.52. The summed E-state index contributed by atoms with van der Waals surface area (Å²) in [6.07, 6.45) is 7.85. The Kier molecular flexibility index (Phi) is 4.49. The Labute approximate surface area is 190 Å². The maximum atomic E-state index is 13.0. The van der Waals surface area contributed by atoms with Crippen molar-refractivity contribution >= 4 is 11.9 Å². The van der Waals surface area contributed by atoms with E-state index in [0.717, 1.165) is 18.5 Å². The molecule has 1 saturated heterocycles. The van der Waals surface area contributed by atoms with Gasteiger partial charge in [0.15, 0.2) is 23.7 Å². The van der Waals surface area contributed by atoms with E-state index in [9.17, 15) is 9.59 Å². The Morgan fingerprint density at radius 2 is 2.12 bits per heavy atom. The van der Waals surface area contributed by atoms with Gasteiger partial charge in [-0.2, -0.15) is 10.2 Å². The van der Waals surface area contributed by atoms with Crippen LogP contribution in [0.1, 0.15) is 47.5 Å². The highest BCUT2D eigenvalue weighted by Gasteiger charge is 2.52. The van der Waals surface area contributed by atoms with E-state index in [1.54, 1.807) is 6.07 Å². The van der Waals surface area contributed by atoms with Crippen LogP contribution >= 0.6 is 0 Å². The molecule has 0 spiro atoms. The van der Waals surface area contributed by atoms with Crippen LogP contribution < -0.4 is 9.47 Å². The van der Waals surface area contributed by atoms with Crippen LogP contribution in [0, 0.1) is 12.3 Å². The molecule has 1 fully saturated rings. The molecule has 33 heavy (non-hydrogen) atoms. The highest BCUT2D eigenvalue weighted by Crippen LogP contribution is 2.49. The second kappa shape index (κ2) is 7.32. The van der Waals surface area contributed by atoms with Crippen molar-refractivity contribution in [3.8, 4) is 23.8 Å². The molecule has 0 saturated carbocycles. The van der Waals surface area contributed by atoms with Gasteiger partial charge in [-0.25, -0.2) is 4.79 Å². The first-order valence-corrected chi connectivity index (χ1v) is 11.1. The molecule has 4 atom stereocenters. The minimum absolute atomic E-state index is 0.0261. The van der Waals surface area contributed by atoms with E-state index in [4.69, 9.17) is 25.4 Å². The summed E-state index contributed by atoms with van der Waals surface area (Å²) in [6, 6.07) is 3.61. The number of esters is 2. The number of hydrogen-bond acceptors (Lipinski definition) is 9. The smallest absolute Gasteiger partial charge is 0.339 e. The van der Waals surface area contributed by atoms with Crippen LogP contribution in [0.3, 0.4) is 0 Å². The number of ether oxygens (including phenoxy) is 4. The van der Waals surface area contributed by atoms with Gasteiger partial charge < -0.3 is 18.9 Å². The number of benzene rings is 1. The number of likely N-dealkylation sites (tertiary alicyclic amines) is 1. The monoisotopic (exact) mass is 449 g/mol. The molecular formula is C24H23N3O6. The summed E-state index contributed by atoms with van der Waals surface area (Å²) in [5.74, 6) is 2.62. The molecule has 4 aliphatic heterocycles. The second-order valence-electron chi connectivity index (χ2n) is 9.12. The van der Waals surface area contributed by atoms with Crippen molar-refractivity contribution in [1.82, 2.24) is 4.90 Å². The standard InChI is InChI=1S/C24H23N3O6/c1-3-4-6-24(25-26-24)11-19(28)32-18-8-13-5-7-27(2)21(13)20-14-9-16-17(31-12-30-16)10-15(14)23(29)33-22(18)20/h1,8-10,18,20-22H,4-7,11-12H2,2H3/t18-,20-,21+,22+/m0/s1. The van der Waals surface area contributed by atoms with Gasteiger partial charge in [-0.1, -0.05) is 5.57 Å². The predicted octanol–water partition coefficient (Wildman–Crippen LogP) is 2.56. The van der Waals surface area contributed by atoms with E-state index in [1.165, 1.54) is 5.57 Å². The Morgan fingerprint density at radius 3 is 2.88 bits per heavy atom. The summed E-state index contributed by atoms with van der Waals surface area (Å²) in [6.45, 7) is 0.995. The molecule has 4 heterocycles. The van der Waals surface area contributed by atoms with Crippen LogP contribution in [-0.4, -0.2) is 61.1 Å². The predicted molar refractivity (Wildman–Crippen MR) is 114 cm³/mol. The molecule has 9 heteroatoms. The fourth-order valence-electron chi connectivity index (χ4n) is 5.46. The number of carbonyl (C=O) groups excluding carboxylic acids is 2. The van der Waals surface area contributed by atoms with Gasteiger partial charge in [0, 0.05) is 31.3 Å². The Hall–Kier alpha value is -3.38. The molecule has 0 unspecified atom stereocenters. The van der Waals surface area contributed by atoms with Gasteiger partial charge in [0.1, 0.15) is 0 Å². The molecule has 1 aliphatic carbocycles. The van der Waals surface area contributed by atoms with Crippen LogP contribution in [0.4, 0.5) is 0 Å². The highest BCUT2D eigenvalue weighted by atomic mass is 16.7. The molecule has 0 bridgehead atoms. The van der Waals surface area contributed by atoms with Gasteiger partial charge in [0.05, 0.1) is 12.0 Å². The third-order valence-corrected chi connectivity index (χ3v) is 7.12. The van der Waals surface area contributed by atoms with Crippen LogP contribution in [0.5, 0.6) is 11.5 Å². The first-order chi connectivity index (χ1) is 16.0. The molecule has 1 aromatic rings. The lowest BCUT2D eigenvalue weighted by atomic mass is 9.73. The fraction of sp³-hybridized carbons (Fsp3) is 0.500. The number of hydrogen-bond donors (Lipinski definition) is 0. The SMILES string of the molecule is C#CCCC1(CC(=O)O[C@H]2C=C3CCN(C)[C@H]3[C@@H]3c4cc5c(cc4C(=O)O[C@@H]32)OCO5)N=N1. The Morgan fingerprint density at radius 1 is 1.33 bits per heavy atom. The summed E-state index contributed by atoms with van der Waals surface area (Å²) < 4.78 is 22.8. The average molecular weight is 449 g/mol. The molecule has 0 aromatic heterocycles. The van der Waals surface area contributed by atoms with Crippen molar-refractivity contribution in [2.75, 3.05) is 20.4 Å². The molecule has 170 valence electrons. The number of likely N-dealkylation sites (N-methyl/N-ethyl adjacent to an activating group) is 1. The van der Waals surface area contributed by atoms with Gasteiger partial charge >= 0.3 is 11.9 Å². The minimum atomic E-state index is -0.769. The summed E-state index contributed by atoms with van der Waals surface area (Å²) in [5.41, 5.74) is 1.72. The molecular weight excluding hydrogens is 426 g/mol. The number of nitrogens with zero attached hydrogens (tertiary/aromatic N) is 3. The first-order valence-electron chi connectivity index (χ1n) is 11.1. The quantitative estimate of drug-likeness (QED) is 0.387. The molecule has 1 aromatic carbocycles. The Balaban J connectivity index is 1.32. The molecule has 0 amide bonds. The van der Waals surface area contributed by atoms with Gasteiger partial charge in [-0.05, 0) is 37.2 Å². The van der Waals surface area contributed by atoms with Crippen molar-refractivity contribution in [2.45, 2.75) is 55.5 Å². The molecule has 0 N–H and O–H groups in total. The number of fused-ring (bicyclic) bond motifs is 6.